The Balaban J connectivity index is 3.81. The van der Waals surface area contributed by atoms with E-state index in [1.54, 1.807) is 18.1 Å². The number of hydrogen-bond donors (Lipinski definition) is 2. The highest BCUT2D eigenvalue weighted by Crippen LogP contribution is 1.88. The highest BCUT2D eigenvalue weighted by Gasteiger charge is 1.91. The third-order valence-corrected chi connectivity index (χ3v) is 1.14. The highest BCUT2D eigenvalue weighted by atomic mass is 32.1. The standard InChI is InChI=1S/C4H9N3S/c1-3-7(2)4(8)6-5/h3H,1,5H2,2H3,(H,6,8). The van der Waals surface area contributed by atoms with Crippen LogP contribution in [0.25, 0.3) is 0 Å². The molecule has 0 heterocycles. The molecule has 0 unspecified atom stereocenters. The average molecular weight is 131 g/mol. The maximum Gasteiger partial charge on any atom is 0.183 e. The quantitative estimate of drug-likeness (QED) is 0.176. The van der Waals surface area contributed by atoms with E-state index < -0.39 is 0 Å². The zero-order valence-corrected chi connectivity index (χ0v) is 5.60. The second kappa shape index (κ2) is 3.37. The molecular weight excluding hydrogens is 122 g/mol. The topological polar surface area (TPSA) is 41.6 Å². The fourth-order valence-corrected chi connectivity index (χ4v) is 0.254. The Bertz CT molecular complexity index is 110. The lowest BCUT2D eigenvalue weighted by Crippen LogP contribution is -2.16. The normalized spacial score (nSPS) is 11.0. The Hall–Kier alpha value is -0.640. The van der Waals surface area contributed by atoms with Crippen molar-refractivity contribution in [1.82, 2.24) is 4.90 Å². The predicted molar refractivity (Wildman–Crippen MR) is 38.6 cm³/mol. The Kier molecular flexibility index (Phi) is 3.10. The van der Waals surface area contributed by atoms with E-state index in [9.17, 15) is 0 Å². The maximum atomic E-state index is 4.87. The summed E-state index contributed by atoms with van der Waals surface area (Å²) in [5.74, 6) is 4.87. The van der Waals surface area contributed by atoms with Crippen molar-refractivity contribution < 1.29 is 0 Å². The fraction of sp³-hybridized carbons (Fsp3) is 0.250. The van der Waals surface area contributed by atoms with Crippen LogP contribution in [-0.4, -0.2) is 17.1 Å². The van der Waals surface area contributed by atoms with Crippen LogP contribution in [-0.2, 0) is 0 Å². The van der Waals surface area contributed by atoms with Gasteiger partial charge < -0.3 is 10.7 Å². The van der Waals surface area contributed by atoms with Gasteiger partial charge in [-0.1, -0.05) is 6.58 Å². The number of rotatable bonds is 1. The summed E-state index contributed by atoms with van der Waals surface area (Å²) >= 11 is 3.88. The molecule has 0 aliphatic carbocycles. The maximum absolute atomic E-state index is 4.87. The first kappa shape index (κ1) is 7.36. The summed E-state index contributed by atoms with van der Waals surface area (Å²) in [5.41, 5.74) is 0. The van der Waals surface area contributed by atoms with Gasteiger partial charge in [0.15, 0.2) is 5.17 Å². The van der Waals surface area contributed by atoms with Gasteiger partial charge in [-0.05, 0) is 6.20 Å². The molecule has 0 aliphatic rings. The van der Waals surface area contributed by atoms with Gasteiger partial charge in [-0.2, -0.15) is 5.10 Å². The second-order valence-electron chi connectivity index (χ2n) is 1.22. The monoisotopic (exact) mass is 131 g/mol. The van der Waals surface area contributed by atoms with E-state index in [1.165, 1.54) is 0 Å². The van der Waals surface area contributed by atoms with Crippen LogP contribution in [0.1, 0.15) is 0 Å². The summed E-state index contributed by atoms with van der Waals surface area (Å²) in [7, 11) is 1.76. The minimum absolute atomic E-state index is 0.444. The summed E-state index contributed by atoms with van der Waals surface area (Å²) in [6.07, 6.45) is 1.57. The molecule has 46 valence electrons. The Labute approximate surface area is 54.3 Å². The molecule has 2 N–H and O–H groups in total. The van der Waals surface area contributed by atoms with Gasteiger partial charge in [0.1, 0.15) is 0 Å². The highest BCUT2D eigenvalue weighted by molar-refractivity contribution is 7.96. The van der Waals surface area contributed by atoms with Crippen LogP contribution in [0, 0.1) is 0 Å². The van der Waals surface area contributed by atoms with Crippen LogP contribution in [0.15, 0.2) is 17.9 Å². The summed E-state index contributed by atoms with van der Waals surface area (Å²) in [6, 6.07) is 0. The van der Waals surface area contributed by atoms with E-state index in [-0.39, 0.29) is 0 Å². The first-order chi connectivity index (χ1) is 3.72. The van der Waals surface area contributed by atoms with Gasteiger partial charge in [0.05, 0.1) is 0 Å². The van der Waals surface area contributed by atoms with E-state index >= 15 is 0 Å². The zero-order valence-electron chi connectivity index (χ0n) is 4.70. The van der Waals surface area contributed by atoms with Crippen molar-refractivity contribution in [3.05, 3.63) is 12.8 Å². The molecule has 0 aliphatic heterocycles. The molecule has 0 saturated heterocycles. The van der Waals surface area contributed by atoms with Crippen LogP contribution in [0.5, 0.6) is 0 Å². The van der Waals surface area contributed by atoms with Crippen molar-refractivity contribution in [1.29, 1.82) is 0 Å². The number of hydrogen-bond acceptors (Lipinski definition) is 2. The van der Waals surface area contributed by atoms with Gasteiger partial charge in [-0.25, -0.2) is 0 Å². The predicted octanol–water partition coefficient (Wildman–Crippen LogP) is 0.221. The number of nitrogens with zero attached hydrogens (tertiary/aromatic N) is 2. The Morgan fingerprint density at radius 1 is 2.00 bits per heavy atom. The molecular formula is C4H9N3S. The molecule has 0 fully saturated rings. The minimum atomic E-state index is 0.444. The van der Waals surface area contributed by atoms with Crippen molar-refractivity contribution >= 4 is 17.8 Å². The average Bonchev–Trinajstić information content (AvgIpc) is 1.84. The van der Waals surface area contributed by atoms with Gasteiger partial charge in [0.2, 0.25) is 0 Å². The SMILES string of the molecule is C=CN(C)/C(S)=N\N. The molecule has 0 amide bonds. The first-order valence-electron chi connectivity index (χ1n) is 2.04. The number of nitrogens with two attached hydrogens (primary N) is 1. The molecule has 0 aromatic carbocycles. The molecule has 0 aromatic heterocycles. The molecule has 0 atom stereocenters. The molecule has 4 heteroatoms. The Morgan fingerprint density at radius 3 is 2.62 bits per heavy atom. The van der Waals surface area contributed by atoms with E-state index in [4.69, 9.17) is 5.84 Å². The van der Waals surface area contributed by atoms with Gasteiger partial charge >= 0.3 is 0 Å². The van der Waals surface area contributed by atoms with Crippen molar-refractivity contribution in [2.24, 2.45) is 10.9 Å². The molecule has 0 bridgehead atoms. The van der Waals surface area contributed by atoms with Crippen LogP contribution < -0.4 is 5.84 Å². The fourth-order valence-electron chi connectivity index (χ4n) is 0.173. The molecule has 3 nitrogen and oxygen atoms in total. The van der Waals surface area contributed by atoms with E-state index in [2.05, 4.69) is 24.3 Å². The molecule has 0 saturated carbocycles. The van der Waals surface area contributed by atoms with E-state index in [0.717, 1.165) is 0 Å². The number of hydrazone groups is 1. The summed E-state index contributed by atoms with van der Waals surface area (Å²) in [6.45, 7) is 3.47. The van der Waals surface area contributed by atoms with Crippen molar-refractivity contribution in [3.63, 3.8) is 0 Å². The molecule has 0 spiro atoms. The third kappa shape index (κ3) is 1.88. The van der Waals surface area contributed by atoms with Crippen molar-refractivity contribution in [2.45, 2.75) is 0 Å². The smallest absolute Gasteiger partial charge is 0.183 e. The summed E-state index contributed by atoms with van der Waals surface area (Å²) in [5, 5.41) is 3.74. The number of thiol groups is 1. The molecule has 0 rings (SSSR count). The van der Waals surface area contributed by atoms with Crippen LogP contribution in [0.3, 0.4) is 0 Å². The lowest BCUT2D eigenvalue weighted by atomic mass is 10.8. The summed E-state index contributed by atoms with van der Waals surface area (Å²) < 4.78 is 0. The van der Waals surface area contributed by atoms with Crippen molar-refractivity contribution in [3.8, 4) is 0 Å². The first-order valence-corrected chi connectivity index (χ1v) is 2.49. The van der Waals surface area contributed by atoms with Crippen LogP contribution >= 0.6 is 12.6 Å². The van der Waals surface area contributed by atoms with Crippen LogP contribution in [0.4, 0.5) is 0 Å². The zero-order chi connectivity index (χ0) is 6.57. The minimum Gasteiger partial charge on any atom is -0.330 e. The van der Waals surface area contributed by atoms with E-state index in [1.807, 2.05) is 0 Å². The van der Waals surface area contributed by atoms with E-state index in [0.29, 0.717) is 5.17 Å². The third-order valence-electron chi connectivity index (χ3n) is 0.705. The van der Waals surface area contributed by atoms with Crippen molar-refractivity contribution in [2.75, 3.05) is 7.05 Å². The molecule has 0 aromatic rings. The second-order valence-corrected chi connectivity index (χ2v) is 1.62. The van der Waals surface area contributed by atoms with Gasteiger partial charge in [0, 0.05) is 7.05 Å². The Morgan fingerprint density at radius 2 is 2.50 bits per heavy atom. The van der Waals surface area contributed by atoms with Gasteiger partial charge in [0.25, 0.3) is 0 Å². The largest absolute Gasteiger partial charge is 0.330 e. The van der Waals surface area contributed by atoms with Gasteiger partial charge in [-0.15, -0.1) is 12.6 Å². The van der Waals surface area contributed by atoms with Crippen LogP contribution in [0.2, 0.25) is 0 Å². The lowest BCUT2D eigenvalue weighted by Gasteiger charge is -2.08. The summed E-state index contributed by atoms with van der Waals surface area (Å²) in [4.78, 5) is 1.60. The molecule has 8 heavy (non-hydrogen) atoms. The van der Waals surface area contributed by atoms with Gasteiger partial charge in [-0.3, -0.25) is 0 Å². The lowest BCUT2D eigenvalue weighted by molar-refractivity contribution is 0.702. The molecule has 0 radical (unpaired) electrons. The number of amidine groups is 1.